The Hall–Kier alpha value is -0.0400. The molecule has 0 aliphatic heterocycles. The summed E-state index contributed by atoms with van der Waals surface area (Å²) < 4.78 is 0. The zero-order chi connectivity index (χ0) is 20.1. The van der Waals surface area contributed by atoms with E-state index in [2.05, 4.69) is 34.6 Å². The summed E-state index contributed by atoms with van der Waals surface area (Å²) in [6.07, 6.45) is 16.7. The van der Waals surface area contributed by atoms with E-state index in [0.29, 0.717) is 10.8 Å². The average Bonchev–Trinajstić information content (AvgIpc) is 2.99. The highest BCUT2D eigenvalue weighted by Crippen LogP contribution is 2.67. The van der Waals surface area contributed by atoms with Crippen molar-refractivity contribution in [2.75, 3.05) is 0 Å². The summed E-state index contributed by atoms with van der Waals surface area (Å²) in [7, 11) is 0. The second kappa shape index (κ2) is 7.90. The van der Waals surface area contributed by atoms with Crippen molar-refractivity contribution >= 4 is 0 Å². The summed E-state index contributed by atoms with van der Waals surface area (Å²) >= 11 is 0. The predicted octanol–water partition coefficient (Wildman–Crippen LogP) is 7.47. The normalized spacial score (nSPS) is 49.4. The van der Waals surface area contributed by atoms with E-state index in [1.807, 2.05) is 0 Å². The smallest absolute Gasteiger partial charge is 0.0543 e. The van der Waals surface area contributed by atoms with E-state index in [0.717, 1.165) is 54.3 Å². The molecule has 1 N–H and O–H groups in total. The number of fused-ring (bicyclic) bond motifs is 5. The molecule has 0 spiro atoms. The summed E-state index contributed by atoms with van der Waals surface area (Å²) in [5, 5.41) is 10.2. The minimum Gasteiger partial charge on any atom is -0.393 e. The van der Waals surface area contributed by atoms with Gasteiger partial charge in [0.15, 0.2) is 0 Å². The molecule has 28 heavy (non-hydrogen) atoms. The van der Waals surface area contributed by atoms with Crippen LogP contribution < -0.4 is 0 Å². The average molecular weight is 389 g/mol. The van der Waals surface area contributed by atoms with Gasteiger partial charge in [-0.15, -0.1) is 0 Å². The number of hydrogen-bond acceptors (Lipinski definition) is 1. The molecule has 0 aromatic heterocycles. The lowest BCUT2D eigenvalue weighted by Gasteiger charge is -2.61. The Kier molecular flexibility index (Phi) is 5.98. The third-order valence-corrected chi connectivity index (χ3v) is 11.2. The Bertz CT molecular complexity index is 540. The van der Waals surface area contributed by atoms with Crippen molar-refractivity contribution in [3.63, 3.8) is 0 Å². The zero-order valence-electron chi connectivity index (χ0n) is 19.6. The van der Waals surface area contributed by atoms with Gasteiger partial charge in [0, 0.05) is 0 Å². The SMILES string of the molecule is CC(C)C(C)CCCC1CCC2C3CCC4CC(O)CCC4(C)C3CCC12C. The Morgan fingerprint density at radius 3 is 2.32 bits per heavy atom. The van der Waals surface area contributed by atoms with Gasteiger partial charge in [-0.2, -0.15) is 0 Å². The molecule has 1 nitrogen and oxygen atoms in total. The van der Waals surface area contributed by atoms with Crippen LogP contribution in [0.1, 0.15) is 112 Å². The van der Waals surface area contributed by atoms with Crippen molar-refractivity contribution in [2.24, 2.45) is 52.3 Å². The standard InChI is InChI=1S/C27H48O/c1-18(2)19(3)7-6-8-20-10-12-24-23-11-9-21-17-22(28)13-15-27(21,5)25(23)14-16-26(20,24)4/h18-25,28H,6-17H2,1-5H3. The molecular weight excluding hydrogens is 340 g/mol. The molecule has 0 radical (unpaired) electrons. The molecule has 4 aliphatic carbocycles. The molecule has 0 bridgehead atoms. The maximum atomic E-state index is 10.2. The van der Waals surface area contributed by atoms with Gasteiger partial charge < -0.3 is 5.11 Å². The van der Waals surface area contributed by atoms with Gasteiger partial charge in [0.05, 0.1) is 6.10 Å². The topological polar surface area (TPSA) is 20.2 Å². The van der Waals surface area contributed by atoms with E-state index in [-0.39, 0.29) is 6.10 Å². The van der Waals surface area contributed by atoms with Crippen LogP contribution in [0.3, 0.4) is 0 Å². The second-order valence-corrected chi connectivity index (χ2v) is 12.6. The van der Waals surface area contributed by atoms with Crippen LogP contribution in [0.5, 0.6) is 0 Å². The van der Waals surface area contributed by atoms with Gasteiger partial charge in [0.25, 0.3) is 0 Å². The molecule has 1 heteroatoms. The molecular formula is C27H48O. The van der Waals surface area contributed by atoms with Crippen LogP contribution in [0.25, 0.3) is 0 Å². The lowest BCUT2D eigenvalue weighted by Crippen LogP contribution is -2.53. The summed E-state index contributed by atoms with van der Waals surface area (Å²) in [6, 6.07) is 0. The molecule has 9 unspecified atom stereocenters. The Balaban J connectivity index is 1.42. The molecule has 0 amide bonds. The lowest BCUT2D eigenvalue weighted by molar-refractivity contribution is -0.127. The molecule has 0 aromatic carbocycles. The van der Waals surface area contributed by atoms with Gasteiger partial charge in [0.1, 0.15) is 0 Å². The largest absolute Gasteiger partial charge is 0.393 e. The summed E-state index contributed by atoms with van der Waals surface area (Å²) in [4.78, 5) is 0. The molecule has 4 rings (SSSR count). The van der Waals surface area contributed by atoms with Crippen LogP contribution in [0.15, 0.2) is 0 Å². The van der Waals surface area contributed by atoms with Crippen molar-refractivity contribution in [2.45, 2.75) is 118 Å². The van der Waals surface area contributed by atoms with E-state index < -0.39 is 0 Å². The maximum absolute atomic E-state index is 10.2. The molecule has 162 valence electrons. The first-order valence-corrected chi connectivity index (χ1v) is 12.9. The van der Waals surface area contributed by atoms with Crippen LogP contribution >= 0.6 is 0 Å². The maximum Gasteiger partial charge on any atom is 0.0543 e. The van der Waals surface area contributed by atoms with Crippen LogP contribution in [-0.4, -0.2) is 11.2 Å². The Morgan fingerprint density at radius 2 is 1.57 bits per heavy atom. The van der Waals surface area contributed by atoms with Crippen molar-refractivity contribution in [3.8, 4) is 0 Å². The van der Waals surface area contributed by atoms with E-state index in [1.165, 1.54) is 64.2 Å². The highest BCUT2D eigenvalue weighted by Gasteiger charge is 2.59. The van der Waals surface area contributed by atoms with Gasteiger partial charge in [-0.05, 0) is 116 Å². The van der Waals surface area contributed by atoms with Crippen molar-refractivity contribution in [3.05, 3.63) is 0 Å². The number of hydrogen-bond donors (Lipinski definition) is 1. The molecule has 0 aromatic rings. The third-order valence-electron chi connectivity index (χ3n) is 11.2. The molecule has 4 saturated carbocycles. The summed E-state index contributed by atoms with van der Waals surface area (Å²) in [5.41, 5.74) is 1.17. The van der Waals surface area contributed by atoms with Crippen LogP contribution in [0.2, 0.25) is 0 Å². The quantitative estimate of drug-likeness (QED) is 0.518. The fourth-order valence-electron chi connectivity index (χ4n) is 8.84. The van der Waals surface area contributed by atoms with Crippen LogP contribution in [-0.2, 0) is 0 Å². The summed E-state index contributed by atoms with van der Waals surface area (Å²) in [5.74, 6) is 6.48. The molecule has 0 saturated heterocycles. The fraction of sp³-hybridized carbons (Fsp3) is 1.00. The molecule has 9 atom stereocenters. The van der Waals surface area contributed by atoms with Crippen LogP contribution in [0, 0.1) is 52.3 Å². The fourth-order valence-corrected chi connectivity index (χ4v) is 8.84. The summed E-state index contributed by atoms with van der Waals surface area (Å²) in [6.45, 7) is 12.6. The monoisotopic (exact) mass is 388 g/mol. The first kappa shape index (κ1) is 21.2. The third kappa shape index (κ3) is 3.50. The molecule has 4 fully saturated rings. The van der Waals surface area contributed by atoms with Crippen LogP contribution in [0.4, 0.5) is 0 Å². The first-order chi connectivity index (χ1) is 13.3. The highest BCUT2D eigenvalue weighted by atomic mass is 16.3. The van der Waals surface area contributed by atoms with Gasteiger partial charge in [-0.3, -0.25) is 0 Å². The van der Waals surface area contributed by atoms with Crippen molar-refractivity contribution in [1.29, 1.82) is 0 Å². The first-order valence-electron chi connectivity index (χ1n) is 12.9. The van der Waals surface area contributed by atoms with E-state index in [4.69, 9.17) is 0 Å². The highest BCUT2D eigenvalue weighted by molar-refractivity contribution is 5.09. The Labute approximate surface area is 175 Å². The van der Waals surface area contributed by atoms with Gasteiger partial charge in [0.2, 0.25) is 0 Å². The number of rotatable bonds is 5. The zero-order valence-corrected chi connectivity index (χ0v) is 19.6. The van der Waals surface area contributed by atoms with E-state index >= 15 is 0 Å². The van der Waals surface area contributed by atoms with E-state index in [9.17, 15) is 5.11 Å². The lowest BCUT2D eigenvalue weighted by atomic mass is 9.44. The van der Waals surface area contributed by atoms with Gasteiger partial charge >= 0.3 is 0 Å². The van der Waals surface area contributed by atoms with Crippen molar-refractivity contribution in [1.82, 2.24) is 0 Å². The predicted molar refractivity (Wildman–Crippen MR) is 119 cm³/mol. The van der Waals surface area contributed by atoms with Gasteiger partial charge in [-0.1, -0.05) is 47.5 Å². The van der Waals surface area contributed by atoms with Gasteiger partial charge in [-0.25, -0.2) is 0 Å². The second-order valence-electron chi connectivity index (χ2n) is 12.6. The minimum absolute atomic E-state index is 0.00688. The molecule has 0 heterocycles. The number of aliphatic hydroxyl groups is 1. The molecule has 4 aliphatic rings. The Morgan fingerprint density at radius 1 is 0.857 bits per heavy atom. The van der Waals surface area contributed by atoms with Crippen molar-refractivity contribution < 1.29 is 5.11 Å². The number of aliphatic hydroxyl groups excluding tert-OH is 1. The van der Waals surface area contributed by atoms with E-state index in [1.54, 1.807) is 0 Å². The minimum atomic E-state index is -0.00688.